The first-order chi connectivity index (χ1) is 18.9. The predicted molar refractivity (Wildman–Crippen MR) is 159 cm³/mol. The number of aromatic amines is 1. The van der Waals surface area contributed by atoms with Crippen LogP contribution in [0.4, 0.5) is 5.69 Å². The normalized spacial score (nSPS) is 11.1. The third kappa shape index (κ3) is 5.76. The molecular weight excluding hydrogens is 556 g/mol. The fraction of sp³-hybridized carbons (Fsp3) is 0.0645. The van der Waals surface area contributed by atoms with Gasteiger partial charge in [-0.3, -0.25) is 4.79 Å². The first-order valence-electron chi connectivity index (χ1n) is 12.2. The van der Waals surface area contributed by atoms with Crippen LogP contribution >= 0.6 is 15.9 Å². The number of benzene rings is 4. The van der Waals surface area contributed by atoms with Crippen molar-refractivity contribution in [3.8, 4) is 16.9 Å². The van der Waals surface area contributed by atoms with Gasteiger partial charge in [0.1, 0.15) is 11.4 Å². The molecule has 194 valence electrons. The minimum Gasteiger partial charge on any atom is -0.422 e. The highest BCUT2D eigenvalue weighted by atomic mass is 79.9. The van der Waals surface area contributed by atoms with Crippen LogP contribution < -0.4 is 15.1 Å². The number of carbonyl (C=O) groups is 2. The lowest BCUT2D eigenvalue weighted by atomic mass is 10.0. The van der Waals surface area contributed by atoms with Gasteiger partial charge in [0.2, 0.25) is 0 Å². The lowest BCUT2D eigenvalue weighted by molar-refractivity contribution is 0.0734. The number of anilines is 1. The van der Waals surface area contributed by atoms with Crippen molar-refractivity contribution in [3.05, 3.63) is 118 Å². The average Bonchev–Trinajstić information content (AvgIpc) is 3.34. The highest BCUT2D eigenvalue weighted by Gasteiger charge is 2.20. The first kappa shape index (κ1) is 25.9. The summed E-state index contributed by atoms with van der Waals surface area (Å²) in [6.45, 7) is 0. The van der Waals surface area contributed by atoms with E-state index in [1.165, 1.54) is 6.21 Å². The fourth-order valence-corrected chi connectivity index (χ4v) is 4.57. The lowest BCUT2D eigenvalue weighted by Crippen LogP contribution is -2.19. The summed E-state index contributed by atoms with van der Waals surface area (Å²) < 4.78 is 6.37. The molecule has 0 bridgehead atoms. The van der Waals surface area contributed by atoms with Crippen LogP contribution in [0.3, 0.4) is 0 Å². The van der Waals surface area contributed by atoms with Gasteiger partial charge in [-0.05, 0) is 54.1 Å². The molecule has 0 aliphatic carbocycles. The van der Waals surface area contributed by atoms with E-state index in [1.54, 1.807) is 42.5 Å². The van der Waals surface area contributed by atoms with Crippen molar-refractivity contribution in [2.24, 2.45) is 5.10 Å². The number of ether oxygens (including phenoxy) is 1. The number of hydrogen-bond donors (Lipinski definition) is 2. The molecule has 0 fully saturated rings. The smallest absolute Gasteiger partial charge is 0.343 e. The van der Waals surface area contributed by atoms with E-state index in [0.717, 1.165) is 32.2 Å². The van der Waals surface area contributed by atoms with Gasteiger partial charge >= 0.3 is 5.97 Å². The summed E-state index contributed by atoms with van der Waals surface area (Å²) in [5.74, 6) is -0.568. The molecular formula is C31H25BrN4O3. The maximum atomic E-state index is 13.4. The van der Waals surface area contributed by atoms with Gasteiger partial charge in [-0.25, -0.2) is 10.2 Å². The number of fused-ring (bicyclic) bond motifs is 1. The van der Waals surface area contributed by atoms with Gasteiger partial charge < -0.3 is 14.6 Å². The SMILES string of the molecule is CN(C)c1ccc2[nH]c(C(=O)NN=Cc3cc(Br)ccc3OC(=O)c3ccccc3)c(-c3ccccc3)c2c1. The second-order valence-electron chi connectivity index (χ2n) is 9.00. The number of esters is 1. The largest absolute Gasteiger partial charge is 0.422 e. The first-order valence-corrected chi connectivity index (χ1v) is 13.0. The van der Waals surface area contributed by atoms with Crippen molar-refractivity contribution in [1.29, 1.82) is 0 Å². The maximum absolute atomic E-state index is 13.4. The molecule has 0 saturated heterocycles. The summed E-state index contributed by atoms with van der Waals surface area (Å²) in [5.41, 5.74) is 7.54. The molecule has 39 heavy (non-hydrogen) atoms. The van der Waals surface area contributed by atoms with Gasteiger partial charge in [0.15, 0.2) is 0 Å². The Morgan fingerprint density at radius 3 is 2.36 bits per heavy atom. The van der Waals surface area contributed by atoms with Gasteiger partial charge in [0.25, 0.3) is 5.91 Å². The minimum atomic E-state index is -0.487. The molecule has 0 aliphatic rings. The van der Waals surface area contributed by atoms with E-state index >= 15 is 0 Å². The van der Waals surface area contributed by atoms with Crippen molar-refractivity contribution in [2.75, 3.05) is 19.0 Å². The maximum Gasteiger partial charge on any atom is 0.343 e. The van der Waals surface area contributed by atoms with Crippen LogP contribution in [0.2, 0.25) is 0 Å². The molecule has 0 unspecified atom stereocenters. The highest BCUT2D eigenvalue weighted by Crippen LogP contribution is 2.34. The van der Waals surface area contributed by atoms with Crippen LogP contribution in [0.1, 0.15) is 26.4 Å². The molecule has 0 radical (unpaired) electrons. The predicted octanol–water partition coefficient (Wildman–Crippen LogP) is 6.65. The summed E-state index contributed by atoms with van der Waals surface area (Å²) >= 11 is 3.44. The van der Waals surface area contributed by atoms with E-state index in [1.807, 2.05) is 67.5 Å². The molecule has 1 amide bonds. The van der Waals surface area contributed by atoms with Gasteiger partial charge in [0.05, 0.1) is 11.8 Å². The van der Waals surface area contributed by atoms with E-state index < -0.39 is 11.9 Å². The van der Waals surface area contributed by atoms with Crippen molar-refractivity contribution in [2.45, 2.75) is 0 Å². The number of H-pyrrole nitrogens is 1. The van der Waals surface area contributed by atoms with Gasteiger partial charge in [-0.1, -0.05) is 64.5 Å². The number of hydrogen-bond acceptors (Lipinski definition) is 5. The summed E-state index contributed by atoms with van der Waals surface area (Å²) in [6, 6.07) is 29.7. The minimum absolute atomic E-state index is 0.317. The summed E-state index contributed by atoms with van der Waals surface area (Å²) in [5, 5.41) is 5.12. The third-order valence-corrected chi connectivity index (χ3v) is 6.64. The zero-order valence-electron chi connectivity index (χ0n) is 21.3. The van der Waals surface area contributed by atoms with Crippen molar-refractivity contribution in [1.82, 2.24) is 10.4 Å². The van der Waals surface area contributed by atoms with Crippen molar-refractivity contribution >= 4 is 50.6 Å². The Morgan fingerprint density at radius 2 is 1.64 bits per heavy atom. The van der Waals surface area contributed by atoms with E-state index in [2.05, 4.69) is 37.5 Å². The van der Waals surface area contributed by atoms with Gasteiger partial charge in [-0.2, -0.15) is 5.10 Å². The lowest BCUT2D eigenvalue weighted by Gasteiger charge is -2.12. The monoisotopic (exact) mass is 580 g/mol. The van der Waals surface area contributed by atoms with Crippen LogP contribution in [0.25, 0.3) is 22.0 Å². The zero-order chi connectivity index (χ0) is 27.4. The number of nitrogens with zero attached hydrogens (tertiary/aromatic N) is 2. The number of aromatic nitrogens is 1. The molecule has 1 heterocycles. The Labute approximate surface area is 234 Å². The van der Waals surface area contributed by atoms with Gasteiger partial charge in [0, 0.05) is 46.3 Å². The molecule has 5 aromatic rings. The van der Waals surface area contributed by atoms with E-state index in [0.29, 0.717) is 22.6 Å². The Balaban J connectivity index is 1.43. The Hall–Kier alpha value is -4.69. The number of hydrazone groups is 1. The van der Waals surface area contributed by atoms with Crippen molar-refractivity contribution < 1.29 is 14.3 Å². The summed E-state index contributed by atoms with van der Waals surface area (Å²) in [6.07, 6.45) is 1.45. The summed E-state index contributed by atoms with van der Waals surface area (Å²) in [7, 11) is 3.96. The molecule has 7 nitrogen and oxygen atoms in total. The number of amides is 1. The number of halogens is 1. The Kier molecular flexibility index (Phi) is 7.56. The average molecular weight is 581 g/mol. The zero-order valence-corrected chi connectivity index (χ0v) is 22.9. The molecule has 8 heteroatoms. The van der Waals surface area contributed by atoms with Crippen LogP contribution in [0.15, 0.2) is 107 Å². The summed E-state index contributed by atoms with van der Waals surface area (Å²) in [4.78, 5) is 31.2. The Bertz CT molecular complexity index is 1680. The van der Waals surface area contributed by atoms with Crippen LogP contribution in [-0.4, -0.2) is 37.2 Å². The van der Waals surface area contributed by atoms with Crippen LogP contribution in [0.5, 0.6) is 5.75 Å². The molecule has 5 rings (SSSR count). The molecule has 0 spiro atoms. The quantitative estimate of drug-likeness (QED) is 0.0976. The van der Waals surface area contributed by atoms with Gasteiger partial charge in [-0.15, -0.1) is 0 Å². The highest BCUT2D eigenvalue weighted by molar-refractivity contribution is 9.10. The molecule has 0 saturated carbocycles. The van der Waals surface area contributed by atoms with Crippen LogP contribution in [-0.2, 0) is 0 Å². The second kappa shape index (κ2) is 11.4. The number of carbonyl (C=O) groups excluding carboxylic acids is 2. The third-order valence-electron chi connectivity index (χ3n) is 6.14. The standard InChI is InChI=1S/C31H25BrN4O3/c1-36(2)24-14-15-26-25(18-24)28(20-9-5-3-6-10-20)29(34-26)30(37)35-33-19-22-17-23(32)13-16-27(22)39-31(38)21-11-7-4-8-12-21/h3-19,34H,1-2H3,(H,35,37). The molecule has 2 N–H and O–H groups in total. The van der Waals surface area contributed by atoms with Crippen LogP contribution in [0, 0.1) is 0 Å². The molecule has 1 aromatic heterocycles. The molecule has 0 atom stereocenters. The van der Waals surface area contributed by atoms with E-state index in [9.17, 15) is 9.59 Å². The van der Waals surface area contributed by atoms with E-state index in [4.69, 9.17) is 4.74 Å². The molecule has 4 aromatic carbocycles. The molecule has 0 aliphatic heterocycles. The second-order valence-corrected chi connectivity index (χ2v) is 9.92. The Morgan fingerprint density at radius 1 is 0.923 bits per heavy atom. The number of nitrogens with one attached hydrogen (secondary N) is 2. The van der Waals surface area contributed by atoms with E-state index in [-0.39, 0.29) is 0 Å². The van der Waals surface area contributed by atoms with Crippen molar-refractivity contribution in [3.63, 3.8) is 0 Å². The number of rotatable bonds is 7. The topological polar surface area (TPSA) is 86.8 Å². The fourth-order valence-electron chi connectivity index (χ4n) is 4.20.